The van der Waals surface area contributed by atoms with E-state index in [0.717, 1.165) is 0 Å². The van der Waals surface area contributed by atoms with E-state index in [1.165, 1.54) is 6.21 Å². The second-order valence-corrected chi connectivity index (χ2v) is 1.84. The van der Waals surface area contributed by atoms with Crippen LogP contribution in [0.5, 0.6) is 0 Å². The van der Waals surface area contributed by atoms with E-state index in [-0.39, 0.29) is 13.0 Å². The number of hydrogen-bond acceptors (Lipinski definition) is 3. The monoisotopic (exact) mass is 161 g/mol. The quantitative estimate of drug-likeness (QED) is 0.247. The molecular weight excluding hydrogens is 157 g/mol. The predicted molar refractivity (Wildman–Crippen MR) is 39.9 cm³/mol. The Morgan fingerprint density at radius 2 is 2.67 bits per heavy atom. The molecule has 0 fully saturated rings. The van der Waals surface area contributed by atoms with Crippen molar-refractivity contribution in [3.63, 3.8) is 0 Å². The van der Waals surface area contributed by atoms with Crippen molar-refractivity contribution in [2.75, 3.05) is 0 Å². The number of nitrogens with zero attached hydrogens (tertiary/aromatic N) is 1. The topological polar surface area (TPSA) is 67.5 Å². The maximum absolute atomic E-state index is 9.65. The van der Waals surface area contributed by atoms with Crippen LogP contribution in [0.25, 0.3) is 0 Å². The van der Waals surface area contributed by atoms with Gasteiger partial charge in [0.15, 0.2) is 0 Å². The summed E-state index contributed by atoms with van der Waals surface area (Å²) in [6.07, 6.45) is 1.17. The van der Waals surface area contributed by atoms with Gasteiger partial charge in [0, 0.05) is 0 Å². The van der Waals surface area contributed by atoms with Crippen molar-refractivity contribution in [3.8, 4) is 5.63 Å². The Morgan fingerprint density at radius 3 is 3.11 bits per heavy atom. The summed E-state index contributed by atoms with van der Waals surface area (Å²) < 4.78 is 9.65. The number of nitrogens with one attached hydrogen (secondary N) is 1. The van der Waals surface area contributed by atoms with Crippen LogP contribution in [0, 0.1) is 5.63 Å². The van der Waals surface area contributed by atoms with Crippen LogP contribution in [-0.4, -0.2) is 11.3 Å². The van der Waals surface area contributed by atoms with Gasteiger partial charge in [-0.3, -0.25) is 0 Å². The van der Waals surface area contributed by atoms with Gasteiger partial charge < -0.3 is 0 Å². The van der Waals surface area contributed by atoms with Crippen LogP contribution < -0.4 is 11.2 Å². The minimum absolute atomic E-state index is 0.0654. The fourth-order valence-electron chi connectivity index (χ4n) is 0.148. The molecule has 0 bridgehead atoms. The predicted octanol–water partition coefficient (Wildman–Crippen LogP) is 0.0563. The Bertz CT molecular complexity index is 218. The number of rotatable bonds is 1. The van der Waals surface area contributed by atoms with Crippen LogP contribution in [-0.2, 0) is 4.57 Å². The summed E-state index contributed by atoms with van der Waals surface area (Å²) in [6, 6.07) is 0. The van der Waals surface area contributed by atoms with Crippen LogP contribution in [0.2, 0.25) is 0 Å². The zero-order chi connectivity index (χ0) is 7.11. The number of hydrazone groups is 1. The molecule has 3 N–H and O–H groups in total. The SMILES string of the molecule is NC(=S)NN=CC#P=O. The third-order valence-corrected chi connectivity index (χ3v) is 0.662. The molecule has 0 aromatic heterocycles. The summed E-state index contributed by atoms with van der Waals surface area (Å²) in [5, 5.41) is 3.47. The number of nitrogens with two attached hydrogens (primary N) is 1. The molecule has 0 aromatic carbocycles. The molecule has 0 aliphatic carbocycles. The molecule has 0 aliphatic heterocycles. The van der Waals surface area contributed by atoms with Gasteiger partial charge in [-0.05, 0) is 0 Å². The van der Waals surface area contributed by atoms with E-state index in [0.29, 0.717) is 0 Å². The van der Waals surface area contributed by atoms with Gasteiger partial charge in [0.1, 0.15) is 0 Å². The van der Waals surface area contributed by atoms with Gasteiger partial charge in [0.2, 0.25) is 0 Å². The second-order valence-electron chi connectivity index (χ2n) is 0.955. The van der Waals surface area contributed by atoms with Gasteiger partial charge in [-0.25, -0.2) is 0 Å². The molecule has 9 heavy (non-hydrogen) atoms. The molecule has 0 rings (SSSR count). The van der Waals surface area contributed by atoms with Crippen molar-refractivity contribution in [3.05, 3.63) is 0 Å². The molecule has 0 aliphatic rings. The van der Waals surface area contributed by atoms with E-state index in [2.05, 4.69) is 28.4 Å². The summed E-state index contributed by atoms with van der Waals surface area (Å²) in [6.45, 7) is 0. The van der Waals surface area contributed by atoms with Gasteiger partial charge in [-0.2, -0.15) is 0 Å². The molecule has 4 nitrogen and oxygen atoms in total. The zero-order valence-corrected chi connectivity index (χ0v) is 6.08. The molecule has 6 heteroatoms. The first-order valence-electron chi connectivity index (χ1n) is 1.92. The van der Waals surface area contributed by atoms with Crippen LogP contribution >= 0.6 is 20.1 Å². The van der Waals surface area contributed by atoms with E-state index in [1.807, 2.05) is 0 Å². The van der Waals surface area contributed by atoms with Crippen molar-refractivity contribution in [2.45, 2.75) is 0 Å². The van der Waals surface area contributed by atoms with E-state index >= 15 is 0 Å². The van der Waals surface area contributed by atoms with Crippen molar-refractivity contribution in [2.24, 2.45) is 10.8 Å². The number of hydrogen-bond donors (Lipinski definition) is 2. The third-order valence-electron chi connectivity index (χ3n) is 0.350. The van der Waals surface area contributed by atoms with Gasteiger partial charge in [0.05, 0.1) is 0 Å². The van der Waals surface area contributed by atoms with Crippen molar-refractivity contribution in [1.29, 1.82) is 0 Å². The van der Waals surface area contributed by atoms with Crippen molar-refractivity contribution >= 4 is 31.5 Å². The van der Waals surface area contributed by atoms with E-state index in [4.69, 9.17) is 5.73 Å². The standard InChI is InChI=1S/C3H4N3OPS/c4-3(9)6-5-1-2-8-7/h1H,(H3,4,6,9). The van der Waals surface area contributed by atoms with Crippen molar-refractivity contribution < 1.29 is 4.57 Å². The van der Waals surface area contributed by atoms with Gasteiger partial charge in [0.25, 0.3) is 0 Å². The minimum atomic E-state index is -0.216. The molecule has 0 radical (unpaired) electrons. The molecule has 0 spiro atoms. The van der Waals surface area contributed by atoms with Crippen LogP contribution in [0.15, 0.2) is 5.10 Å². The maximum atomic E-state index is 9.65. The molecular formula is C3H4N3OPS. The zero-order valence-electron chi connectivity index (χ0n) is 4.37. The van der Waals surface area contributed by atoms with Crippen LogP contribution in [0.4, 0.5) is 0 Å². The van der Waals surface area contributed by atoms with E-state index in [1.54, 1.807) is 0 Å². The van der Waals surface area contributed by atoms with Gasteiger partial charge in [-0.15, -0.1) is 0 Å². The summed E-state index contributed by atoms with van der Waals surface area (Å²) in [5.41, 5.74) is 9.48. The summed E-state index contributed by atoms with van der Waals surface area (Å²) >= 11 is 4.39. The average Bonchev–Trinajstić information content (AvgIpc) is 1.80. The third kappa shape index (κ3) is 7.37. The van der Waals surface area contributed by atoms with E-state index in [9.17, 15) is 4.57 Å². The first kappa shape index (κ1) is 8.37. The molecule has 0 heterocycles. The normalized spacial score (nSPS) is 8.44. The fraction of sp³-hybridized carbons (Fsp3) is 0. The first-order valence-corrected chi connectivity index (χ1v) is 3.14. The second kappa shape index (κ2) is 5.51. The summed E-state index contributed by atoms with van der Waals surface area (Å²) in [5.74, 6) is 0. The van der Waals surface area contributed by atoms with Crippen LogP contribution in [0.1, 0.15) is 0 Å². The molecule has 0 saturated heterocycles. The first-order chi connectivity index (χ1) is 4.27. The van der Waals surface area contributed by atoms with Gasteiger partial charge >= 0.3 is 57.9 Å². The summed E-state index contributed by atoms with van der Waals surface area (Å²) in [4.78, 5) is 0. The Morgan fingerprint density at radius 1 is 2.00 bits per heavy atom. The van der Waals surface area contributed by atoms with E-state index < -0.39 is 0 Å². The summed E-state index contributed by atoms with van der Waals surface area (Å²) in [7, 11) is -0.216. The van der Waals surface area contributed by atoms with Crippen LogP contribution in [0.3, 0.4) is 0 Å². The Balaban J connectivity index is 3.57. The average molecular weight is 161 g/mol. The molecule has 0 saturated carbocycles. The molecule has 0 amide bonds. The fourth-order valence-corrected chi connectivity index (χ4v) is 0.306. The molecule has 0 atom stereocenters. The number of thiocarbonyl (C=S) groups is 1. The molecule has 0 aromatic rings. The molecule has 48 valence electrons. The van der Waals surface area contributed by atoms with Gasteiger partial charge in [-0.1, -0.05) is 0 Å². The Labute approximate surface area is 58.6 Å². The van der Waals surface area contributed by atoms with Crippen molar-refractivity contribution in [1.82, 2.24) is 5.43 Å². The molecule has 0 unspecified atom stereocenters. The Hall–Kier alpha value is -0.630. The Kier molecular flexibility index (Phi) is 5.12.